The molecular weight excluding hydrogens is 130 g/mol. The van der Waals surface area contributed by atoms with Gasteiger partial charge < -0.3 is 4.72 Å². The van der Waals surface area contributed by atoms with Gasteiger partial charge in [-0.15, -0.1) is 0 Å². The van der Waals surface area contributed by atoms with Gasteiger partial charge in [-0.05, 0) is 12.1 Å². The van der Waals surface area contributed by atoms with Crippen LogP contribution in [0, 0.1) is 0 Å². The molecule has 0 aromatic heterocycles. The Morgan fingerprint density at radius 3 is 2.00 bits per heavy atom. The summed E-state index contributed by atoms with van der Waals surface area (Å²) in [6, 6.07) is 9.78. The Hall–Kier alpha value is -0.630. The summed E-state index contributed by atoms with van der Waals surface area (Å²) in [6.07, 6.45) is 0. The molecule has 0 aliphatic carbocycles. The molecule has 1 aromatic carbocycles. The number of thiol groups is 1. The molecule has 1 rings (SSSR count). The third-order valence-corrected chi connectivity index (χ3v) is 1.16. The fraction of sp³-hybridized carbons (Fsp3) is 0.143. The van der Waals surface area contributed by atoms with Gasteiger partial charge in [-0.1, -0.05) is 38.4 Å². The molecule has 0 saturated heterocycles. The molecule has 1 nitrogen and oxygen atoms in total. The average molecular weight is 141 g/mol. The van der Waals surface area contributed by atoms with E-state index in [0.29, 0.717) is 0 Å². The fourth-order valence-electron chi connectivity index (χ4n) is 0.513. The zero-order valence-corrected chi connectivity index (χ0v) is 5.23. The van der Waals surface area contributed by atoms with Crippen molar-refractivity contribution in [2.24, 2.45) is 0 Å². The van der Waals surface area contributed by atoms with Crippen LogP contribution >= 0.6 is 12.8 Å². The highest BCUT2D eigenvalue weighted by Crippen LogP contribution is 2.04. The van der Waals surface area contributed by atoms with Crippen molar-refractivity contribution < 1.29 is 0 Å². The lowest BCUT2D eigenvalue weighted by Crippen LogP contribution is -1.75. The third-order valence-electron chi connectivity index (χ3n) is 0.903. The Bertz CT molecular complexity index is 150. The van der Waals surface area contributed by atoms with Crippen molar-refractivity contribution in [1.29, 1.82) is 0 Å². The van der Waals surface area contributed by atoms with Crippen LogP contribution < -0.4 is 4.72 Å². The van der Waals surface area contributed by atoms with Crippen LogP contribution in [-0.2, 0) is 0 Å². The Labute approximate surface area is 61.6 Å². The summed E-state index contributed by atoms with van der Waals surface area (Å²) in [4.78, 5) is 0. The van der Waals surface area contributed by atoms with Crippen molar-refractivity contribution in [2.75, 3.05) is 4.72 Å². The molecule has 0 heterocycles. The van der Waals surface area contributed by atoms with E-state index in [2.05, 4.69) is 17.5 Å². The van der Waals surface area contributed by atoms with E-state index in [0.717, 1.165) is 5.69 Å². The number of para-hydroxylation sites is 1. The molecule has 0 spiro atoms. The van der Waals surface area contributed by atoms with Gasteiger partial charge in [-0.3, -0.25) is 0 Å². The molecule has 0 fully saturated rings. The average Bonchev–Trinajstić information content (AvgIpc) is 1.90. The first-order chi connectivity index (χ1) is 3.93. The Balaban J connectivity index is 0.000000640. The zero-order valence-electron chi connectivity index (χ0n) is 4.33. The highest BCUT2D eigenvalue weighted by molar-refractivity contribution is 7.81. The first kappa shape index (κ1) is 8.37. The first-order valence-corrected chi connectivity index (χ1v) is 2.83. The molecule has 0 aliphatic rings. The molecule has 0 radical (unpaired) electrons. The largest absolute Gasteiger partial charge is 0.332 e. The van der Waals surface area contributed by atoms with Gasteiger partial charge in [0.05, 0.1) is 0 Å². The van der Waals surface area contributed by atoms with Crippen molar-refractivity contribution in [3.05, 3.63) is 30.3 Å². The molecule has 2 heteroatoms. The van der Waals surface area contributed by atoms with Crippen LogP contribution in [0.25, 0.3) is 0 Å². The minimum Gasteiger partial charge on any atom is -0.332 e. The minimum absolute atomic E-state index is 0. The summed E-state index contributed by atoms with van der Waals surface area (Å²) in [5, 5.41) is 0. The summed E-state index contributed by atoms with van der Waals surface area (Å²) in [7, 11) is 0. The molecule has 1 N–H and O–H groups in total. The molecule has 0 saturated carbocycles. The maximum atomic E-state index is 3.86. The monoisotopic (exact) mass is 141 g/mol. The predicted molar refractivity (Wildman–Crippen MR) is 45.8 cm³/mol. The quantitative estimate of drug-likeness (QED) is 0.573. The first-order valence-electron chi connectivity index (χ1n) is 2.38. The van der Waals surface area contributed by atoms with Gasteiger partial charge in [0.2, 0.25) is 0 Å². The van der Waals surface area contributed by atoms with Crippen LogP contribution in [0.15, 0.2) is 30.3 Å². The highest BCUT2D eigenvalue weighted by Gasteiger charge is 1.78. The molecule has 50 valence electrons. The Morgan fingerprint density at radius 2 is 1.67 bits per heavy atom. The lowest BCUT2D eigenvalue weighted by molar-refractivity contribution is 1.69. The van der Waals surface area contributed by atoms with Crippen LogP contribution in [0.1, 0.15) is 7.43 Å². The molecule has 0 unspecified atom stereocenters. The topological polar surface area (TPSA) is 12.0 Å². The van der Waals surface area contributed by atoms with Gasteiger partial charge in [0, 0.05) is 5.69 Å². The molecule has 0 amide bonds. The second-order valence-corrected chi connectivity index (χ2v) is 1.70. The van der Waals surface area contributed by atoms with Gasteiger partial charge in [0.1, 0.15) is 0 Å². The third kappa shape index (κ3) is 2.42. The van der Waals surface area contributed by atoms with E-state index in [9.17, 15) is 0 Å². The number of benzene rings is 1. The minimum atomic E-state index is 0. The van der Waals surface area contributed by atoms with Crippen molar-refractivity contribution in [1.82, 2.24) is 0 Å². The number of hydrogen-bond donors (Lipinski definition) is 2. The SMILES string of the molecule is C.SNc1ccccc1. The lowest BCUT2D eigenvalue weighted by atomic mass is 10.3. The smallest absolute Gasteiger partial charge is 0.0437 e. The van der Waals surface area contributed by atoms with Crippen LogP contribution in [0.5, 0.6) is 0 Å². The van der Waals surface area contributed by atoms with E-state index in [4.69, 9.17) is 0 Å². The molecule has 0 atom stereocenters. The number of nitrogens with one attached hydrogen (secondary N) is 1. The predicted octanol–water partition coefficient (Wildman–Crippen LogP) is 2.58. The van der Waals surface area contributed by atoms with Gasteiger partial charge in [-0.2, -0.15) is 0 Å². The van der Waals surface area contributed by atoms with E-state index >= 15 is 0 Å². The number of anilines is 1. The van der Waals surface area contributed by atoms with E-state index in [1.54, 1.807) is 0 Å². The number of hydrogen-bond acceptors (Lipinski definition) is 2. The summed E-state index contributed by atoms with van der Waals surface area (Å²) >= 11 is 3.86. The van der Waals surface area contributed by atoms with Crippen molar-refractivity contribution in [2.45, 2.75) is 7.43 Å². The maximum Gasteiger partial charge on any atom is 0.0437 e. The summed E-state index contributed by atoms with van der Waals surface area (Å²) in [5.74, 6) is 0. The highest BCUT2D eigenvalue weighted by atomic mass is 32.1. The maximum absolute atomic E-state index is 3.86. The van der Waals surface area contributed by atoms with Crippen molar-refractivity contribution >= 4 is 18.5 Å². The summed E-state index contributed by atoms with van der Waals surface area (Å²) < 4.78 is 2.72. The van der Waals surface area contributed by atoms with Gasteiger partial charge in [0.15, 0.2) is 0 Å². The normalized spacial score (nSPS) is 7.67. The van der Waals surface area contributed by atoms with Crippen LogP contribution in [-0.4, -0.2) is 0 Å². The molecule has 0 bridgehead atoms. The molecule has 0 aliphatic heterocycles. The zero-order chi connectivity index (χ0) is 5.82. The van der Waals surface area contributed by atoms with Crippen LogP contribution in [0.4, 0.5) is 5.69 Å². The van der Waals surface area contributed by atoms with Crippen LogP contribution in [0.2, 0.25) is 0 Å². The van der Waals surface area contributed by atoms with E-state index in [1.807, 2.05) is 30.3 Å². The molecular formula is C7H11NS. The second-order valence-electron chi connectivity index (χ2n) is 1.48. The fourth-order valence-corrected chi connectivity index (χ4v) is 0.662. The summed E-state index contributed by atoms with van der Waals surface area (Å²) in [5.41, 5.74) is 1.02. The van der Waals surface area contributed by atoms with Gasteiger partial charge >= 0.3 is 0 Å². The van der Waals surface area contributed by atoms with E-state index in [1.165, 1.54) is 0 Å². The lowest BCUT2D eigenvalue weighted by Gasteiger charge is -1.92. The van der Waals surface area contributed by atoms with Gasteiger partial charge in [0.25, 0.3) is 0 Å². The molecule has 9 heavy (non-hydrogen) atoms. The van der Waals surface area contributed by atoms with E-state index < -0.39 is 0 Å². The van der Waals surface area contributed by atoms with E-state index in [-0.39, 0.29) is 7.43 Å². The van der Waals surface area contributed by atoms with Crippen molar-refractivity contribution in [3.8, 4) is 0 Å². The standard InChI is InChI=1S/C6H7NS.CH4/c8-7-6-4-2-1-3-5-6;/h1-5,7-8H;1H4. The second kappa shape index (κ2) is 4.27. The van der Waals surface area contributed by atoms with Crippen molar-refractivity contribution in [3.63, 3.8) is 0 Å². The number of rotatable bonds is 1. The Morgan fingerprint density at radius 1 is 1.11 bits per heavy atom. The summed E-state index contributed by atoms with van der Waals surface area (Å²) in [6.45, 7) is 0. The van der Waals surface area contributed by atoms with Gasteiger partial charge in [-0.25, -0.2) is 0 Å². The Kier molecular flexibility index (Phi) is 3.97. The molecule has 1 aromatic rings. The van der Waals surface area contributed by atoms with Crippen LogP contribution in [0.3, 0.4) is 0 Å².